The summed E-state index contributed by atoms with van der Waals surface area (Å²) in [7, 11) is 0. The highest BCUT2D eigenvalue weighted by Gasteiger charge is 2.22. The van der Waals surface area contributed by atoms with Gasteiger partial charge in [0.25, 0.3) is 0 Å². The summed E-state index contributed by atoms with van der Waals surface area (Å²) in [5.74, 6) is -3.45. The first-order valence-electron chi connectivity index (χ1n) is 6.01. The van der Waals surface area contributed by atoms with Crippen LogP contribution in [0.5, 0.6) is 0 Å². The van der Waals surface area contributed by atoms with Gasteiger partial charge in [-0.3, -0.25) is 9.59 Å². The molecule has 0 saturated carbocycles. The Morgan fingerprint density at radius 1 is 1.24 bits per heavy atom. The first kappa shape index (κ1) is 17.0. The predicted molar refractivity (Wildman–Crippen MR) is 73.6 cm³/mol. The Bertz CT molecular complexity index is 537. The lowest BCUT2D eigenvalue weighted by Gasteiger charge is -2.12. The Kier molecular flexibility index (Phi) is 6.67. The van der Waals surface area contributed by atoms with Gasteiger partial charge in [-0.25, -0.2) is 9.18 Å². The quantitative estimate of drug-likeness (QED) is 0.626. The number of aliphatic carboxylic acids is 2. The average Bonchev–Trinajstić information content (AvgIpc) is 2.39. The van der Waals surface area contributed by atoms with E-state index < -0.39 is 36.1 Å². The van der Waals surface area contributed by atoms with Crippen molar-refractivity contribution in [2.75, 3.05) is 5.75 Å². The van der Waals surface area contributed by atoms with Crippen molar-refractivity contribution in [2.24, 2.45) is 0 Å². The molecule has 114 valence electrons. The number of amides is 1. The molecule has 0 radical (unpaired) electrons. The number of halogens is 1. The van der Waals surface area contributed by atoms with E-state index in [1.165, 1.54) is 6.07 Å². The number of hydrogen-bond donors (Lipinski definition) is 3. The van der Waals surface area contributed by atoms with Crippen molar-refractivity contribution in [1.82, 2.24) is 5.32 Å². The van der Waals surface area contributed by atoms with Crippen molar-refractivity contribution < 1.29 is 29.0 Å². The van der Waals surface area contributed by atoms with Crippen LogP contribution in [0.1, 0.15) is 12.8 Å². The average molecular weight is 315 g/mol. The van der Waals surface area contributed by atoms with Gasteiger partial charge in [-0.2, -0.15) is 0 Å². The number of nitrogens with one attached hydrogen (secondary N) is 1. The SMILES string of the molecule is O=C(O)C[C@H](NC(=O)CCSc1ccccc1F)C(=O)O. The normalized spacial score (nSPS) is 11.7. The predicted octanol–water partition coefficient (Wildman–Crippen LogP) is 1.35. The fourth-order valence-electron chi connectivity index (χ4n) is 1.46. The number of benzene rings is 1. The molecule has 0 aromatic heterocycles. The molecule has 0 heterocycles. The number of hydrogen-bond acceptors (Lipinski definition) is 4. The Balaban J connectivity index is 2.41. The van der Waals surface area contributed by atoms with Gasteiger partial charge in [0.2, 0.25) is 5.91 Å². The molecule has 1 rings (SSSR count). The third-order valence-electron chi connectivity index (χ3n) is 2.44. The van der Waals surface area contributed by atoms with Crippen LogP contribution in [0.15, 0.2) is 29.2 Å². The molecule has 1 atom stereocenters. The molecule has 8 heteroatoms. The van der Waals surface area contributed by atoms with Gasteiger partial charge in [0.1, 0.15) is 11.9 Å². The first-order valence-corrected chi connectivity index (χ1v) is 7.00. The van der Waals surface area contributed by atoms with Gasteiger partial charge in [0.15, 0.2) is 0 Å². The molecule has 0 fully saturated rings. The summed E-state index contributed by atoms with van der Waals surface area (Å²) in [6.07, 6.45) is -0.732. The second-order valence-electron chi connectivity index (χ2n) is 4.09. The van der Waals surface area contributed by atoms with Crippen LogP contribution in [0.2, 0.25) is 0 Å². The van der Waals surface area contributed by atoms with Gasteiger partial charge < -0.3 is 15.5 Å². The van der Waals surface area contributed by atoms with Crippen molar-refractivity contribution in [1.29, 1.82) is 0 Å². The van der Waals surface area contributed by atoms with Crippen molar-refractivity contribution in [3.05, 3.63) is 30.1 Å². The molecular formula is C13H14FNO5S. The number of carbonyl (C=O) groups excluding carboxylic acids is 1. The van der Waals surface area contributed by atoms with Crippen LogP contribution in [0.25, 0.3) is 0 Å². The van der Waals surface area contributed by atoms with Gasteiger partial charge in [0.05, 0.1) is 6.42 Å². The molecule has 3 N–H and O–H groups in total. The third kappa shape index (κ3) is 6.26. The number of rotatable bonds is 8. The van der Waals surface area contributed by atoms with E-state index in [1.807, 2.05) is 0 Å². The van der Waals surface area contributed by atoms with E-state index in [1.54, 1.807) is 18.2 Å². The lowest BCUT2D eigenvalue weighted by Crippen LogP contribution is -2.42. The van der Waals surface area contributed by atoms with Crippen molar-refractivity contribution in [2.45, 2.75) is 23.8 Å². The number of carboxylic acids is 2. The molecule has 0 aliphatic heterocycles. The highest BCUT2D eigenvalue weighted by Crippen LogP contribution is 2.21. The number of carbonyl (C=O) groups is 3. The minimum absolute atomic E-state index is 0.0393. The maximum atomic E-state index is 13.3. The molecule has 1 amide bonds. The van der Waals surface area contributed by atoms with Gasteiger partial charge in [-0.1, -0.05) is 12.1 Å². The van der Waals surface area contributed by atoms with Crippen LogP contribution < -0.4 is 5.32 Å². The highest BCUT2D eigenvalue weighted by atomic mass is 32.2. The van der Waals surface area contributed by atoms with Crippen LogP contribution in [0.3, 0.4) is 0 Å². The summed E-state index contributed by atoms with van der Waals surface area (Å²) in [5.41, 5.74) is 0. The van der Waals surface area contributed by atoms with Gasteiger partial charge >= 0.3 is 11.9 Å². The summed E-state index contributed by atoms with van der Waals surface area (Å²) in [4.78, 5) is 33.2. The molecule has 0 saturated heterocycles. The molecule has 0 unspecified atom stereocenters. The Morgan fingerprint density at radius 3 is 2.48 bits per heavy atom. The van der Waals surface area contributed by atoms with E-state index in [4.69, 9.17) is 10.2 Å². The second-order valence-corrected chi connectivity index (χ2v) is 5.22. The molecule has 21 heavy (non-hydrogen) atoms. The topological polar surface area (TPSA) is 104 Å². The summed E-state index contributed by atoms with van der Waals surface area (Å²) in [5, 5.41) is 19.4. The van der Waals surface area contributed by atoms with Crippen LogP contribution in [-0.2, 0) is 14.4 Å². The number of thioether (sulfide) groups is 1. The molecule has 1 aromatic rings. The maximum Gasteiger partial charge on any atom is 0.326 e. The Labute approximate surface area is 124 Å². The molecule has 0 aliphatic carbocycles. The van der Waals surface area contributed by atoms with E-state index in [0.717, 1.165) is 11.8 Å². The van der Waals surface area contributed by atoms with Gasteiger partial charge in [-0.15, -0.1) is 11.8 Å². The molecule has 6 nitrogen and oxygen atoms in total. The Hall–Kier alpha value is -2.09. The largest absolute Gasteiger partial charge is 0.481 e. The molecule has 0 spiro atoms. The van der Waals surface area contributed by atoms with E-state index in [9.17, 15) is 18.8 Å². The molecule has 0 bridgehead atoms. The van der Waals surface area contributed by atoms with E-state index >= 15 is 0 Å². The lowest BCUT2D eigenvalue weighted by molar-refractivity contribution is -0.147. The zero-order valence-corrected chi connectivity index (χ0v) is 11.7. The summed E-state index contributed by atoms with van der Waals surface area (Å²) in [6.45, 7) is 0. The van der Waals surface area contributed by atoms with Crippen LogP contribution in [-0.4, -0.2) is 39.9 Å². The second kappa shape index (κ2) is 8.25. The molecule has 1 aromatic carbocycles. The van der Waals surface area contributed by atoms with Crippen LogP contribution in [0, 0.1) is 5.82 Å². The zero-order chi connectivity index (χ0) is 15.8. The molecule has 0 aliphatic rings. The molecular weight excluding hydrogens is 301 g/mol. The van der Waals surface area contributed by atoms with E-state index in [0.29, 0.717) is 4.90 Å². The van der Waals surface area contributed by atoms with Crippen LogP contribution >= 0.6 is 11.8 Å². The third-order valence-corrected chi connectivity index (χ3v) is 3.49. The summed E-state index contributed by atoms with van der Waals surface area (Å²) >= 11 is 1.13. The van der Waals surface area contributed by atoms with Crippen molar-refractivity contribution in [3.8, 4) is 0 Å². The monoisotopic (exact) mass is 315 g/mol. The van der Waals surface area contributed by atoms with Crippen molar-refractivity contribution >= 4 is 29.6 Å². The minimum Gasteiger partial charge on any atom is -0.481 e. The van der Waals surface area contributed by atoms with Crippen molar-refractivity contribution in [3.63, 3.8) is 0 Å². The first-order chi connectivity index (χ1) is 9.90. The summed E-state index contributed by atoms with van der Waals surface area (Å²) < 4.78 is 13.3. The standard InChI is InChI=1S/C13H14FNO5S/c14-8-3-1-2-4-10(8)21-6-5-11(16)15-9(13(19)20)7-12(17)18/h1-4,9H,5-7H2,(H,15,16)(H,17,18)(H,19,20)/t9-/m0/s1. The van der Waals surface area contributed by atoms with Crippen LogP contribution in [0.4, 0.5) is 4.39 Å². The lowest BCUT2D eigenvalue weighted by atomic mass is 10.2. The highest BCUT2D eigenvalue weighted by molar-refractivity contribution is 7.99. The smallest absolute Gasteiger partial charge is 0.326 e. The maximum absolute atomic E-state index is 13.3. The Morgan fingerprint density at radius 2 is 1.90 bits per heavy atom. The minimum atomic E-state index is -1.46. The zero-order valence-electron chi connectivity index (χ0n) is 10.9. The van der Waals surface area contributed by atoms with Gasteiger partial charge in [0, 0.05) is 17.1 Å². The number of carboxylic acid groups (broad SMARTS) is 2. The van der Waals surface area contributed by atoms with Gasteiger partial charge in [-0.05, 0) is 12.1 Å². The summed E-state index contributed by atoms with van der Waals surface area (Å²) in [6, 6.07) is 4.63. The fraction of sp³-hybridized carbons (Fsp3) is 0.308. The van der Waals surface area contributed by atoms with E-state index in [2.05, 4.69) is 5.32 Å². The fourth-order valence-corrected chi connectivity index (χ4v) is 2.34. The van der Waals surface area contributed by atoms with E-state index in [-0.39, 0.29) is 12.2 Å².